The second-order valence-electron chi connectivity index (χ2n) is 5.00. The summed E-state index contributed by atoms with van der Waals surface area (Å²) in [6.07, 6.45) is 0.816. The highest BCUT2D eigenvalue weighted by Crippen LogP contribution is 2.10. The topological polar surface area (TPSA) is 55.1 Å². The van der Waals surface area contributed by atoms with Crippen LogP contribution in [0.4, 0.5) is 4.39 Å². The monoisotopic (exact) mass is 252 g/mol. The number of carbonyl (C=O) groups excluding carboxylic acids is 1. The van der Waals surface area contributed by atoms with Crippen LogP contribution in [0.15, 0.2) is 18.2 Å². The summed E-state index contributed by atoms with van der Waals surface area (Å²) >= 11 is 0. The zero-order valence-corrected chi connectivity index (χ0v) is 11.2. The fraction of sp³-hybridized carbons (Fsp3) is 0.500. The SMILES string of the molecule is Cc1ccc(C(=O)NC(CN)CC(C)C)cc1F. The molecule has 0 heterocycles. The second-order valence-corrected chi connectivity index (χ2v) is 5.00. The number of benzene rings is 1. The largest absolute Gasteiger partial charge is 0.348 e. The van der Waals surface area contributed by atoms with Gasteiger partial charge in [0.15, 0.2) is 0 Å². The number of rotatable bonds is 5. The van der Waals surface area contributed by atoms with Gasteiger partial charge in [-0.1, -0.05) is 19.9 Å². The molecule has 0 aromatic heterocycles. The maximum Gasteiger partial charge on any atom is 0.251 e. The Labute approximate surface area is 108 Å². The van der Waals surface area contributed by atoms with Gasteiger partial charge in [-0.15, -0.1) is 0 Å². The maximum absolute atomic E-state index is 13.4. The van der Waals surface area contributed by atoms with E-state index in [9.17, 15) is 9.18 Å². The molecule has 0 aliphatic heterocycles. The Morgan fingerprint density at radius 1 is 1.44 bits per heavy atom. The van der Waals surface area contributed by atoms with E-state index < -0.39 is 0 Å². The summed E-state index contributed by atoms with van der Waals surface area (Å²) < 4.78 is 13.4. The van der Waals surface area contributed by atoms with E-state index in [2.05, 4.69) is 19.2 Å². The van der Waals surface area contributed by atoms with Crippen LogP contribution in [0.5, 0.6) is 0 Å². The van der Waals surface area contributed by atoms with E-state index in [1.54, 1.807) is 19.1 Å². The summed E-state index contributed by atoms with van der Waals surface area (Å²) in [5.74, 6) is -0.186. The van der Waals surface area contributed by atoms with Crippen LogP contribution < -0.4 is 11.1 Å². The molecule has 1 atom stereocenters. The van der Waals surface area contributed by atoms with Crippen LogP contribution in [0.25, 0.3) is 0 Å². The molecule has 3 nitrogen and oxygen atoms in total. The fourth-order valence-electron chi connectivity index (χ4n) is 1.79. The Morgan fingerprint density at radius 3 is 2.61 bits per heavy atom. The van der Waals surface area contributed by atoms with Crippen molar-refractivity contribution in [2.75, 3.05) is 6.54 Å². The van der Waals surface area contributed by atoms with Gasteiger partial charge in [0.2, 0.25) is 0 Å². The second kappa shape index (κ2) is 6.50. The lowest BCUT2D eigenvalue weighted by Crippen LogP contribution is -2.41. The Morgan fingerprint density at radius 2 is 2.11 bits per heavy atom. The number of amides is 1. The molecule has 3 N–H and O–H groups in total. The molecule has 100 valence electrons. The van der Waals surface area contributed by atoms with Crippen LogP contribution in [0, 0.1) is 18.7 Å². The lowest BCUT2D eigenvalue weighted by atomic mass is 10.0. The number of hydrogen-bond acceptors (Lipinski definition) is 2. The Kier molecular flexibility index (Phi) is 5.28. The molecule has 1 unspecified atom stereocenters. The average molecular weight is 252 g/mol. The van der Waals surface area contributed by atoms with Crippen molar-refractivity contribution in [2.45, 2.75) is 33.2 Å². The molecule has 4 heteroatoms. The Balaban J connectivity index is 2.71. The summed E-state index contributed by atoms with van der Waals surface area (Å²) in [6, 6.07) is 4.41. The third-order valence-electron chi connectivity index (χ3n) is 2.81. The summed E-state index contributed by atoms with van der Waals surface area (Å²) in [4.78, 5) is 11.9. The van der Waals surface area contributed by atoms with E-state index in [1.165, 1.54) is 6.07 Å². The van der Waals surface area contributed by atoms with Crippen molar-refractivity contribution in [1.29, 1.82) is 0 Å². The summed E-state index contributed by atoms with van der Waals surface area (Å²) in [7, 11) is 0. The molecule has 0 fully saturated rings. The minimum absolute atomic E-state index is 0.0677. The standard InChI is InChI=1S/C14H21FN2O/c1-9(2)6-12(8-16)17-14(18)11-5-4-10(3)13(15)7-11/h4-5,7,9,12H,6,8,16H2,1-3H3,(H,17,18). The van der Waals surface area contributed by atoms with Crippen LogP contribution in [0.1, 0.15) is 36.2 Å². The first-order chi connectivity index (χ1) is 8.43. The van der Waals surface area contributed by atoms with Gasteiger partial charge < -0.3 is 11.1 Å². The molecule has 1 aromatic carbocycles. The van der Waals surface area contributed by atoms with Crippen molar-refractivity contribution in [1.82, 2.24) is 5.32 Å². The van der Waals surface area contributed by atoms with Gasteiger partial charge in [-0.05, 0) is 37.0 Å². The molecule has 0 aliphatic rings. The summed E-state index contributed by atoms with van der Waals surface area (Å²) in [5, 5.41) is 2.83. The number of hydrogen-bond donors (Lipinski definition) is 2. The highest BCUT2D eigenvalue weighted by atomic mass is 19.1. The third kappa shape index (κ3) is 4.11. The Bertz CT molecular complexity index is 418. The first kappa shape index (κ1) is 14.6. The van der Waals surface area contributed by atoms with E-state index >= 15 is 0 Å². The minimum atomic E-state index is -0.365. The van der Waals surface area contributed by atoms with Gasteiger partial charge in [-0.2, -0.15) is 0 Å². The van der Waals surface area contributed by atoms with Crippen molar-refractivity contribution in [2.24, 2.45) is 11.7 Å². The molecular weight excluding hydrogens is 231 g/mol. The molecule has 1 aromatic rings. The zero-order valence-electron chi connectivity index (χ0n) is 11.2. The lowest BCUT2D eigenvalue weighted by Gasteiger charge is -2.18. The number of nitrogens with one attached hydrogen (secondary N) is 1. The van der Waals surface area contributed by atoms with Crippen molar-refractivity contribution >= 4 is 5.91 Å². The van der Waals surface area contributed by atoms with Crippen LogP contribution in [0.3, 0.4) is 0 Å². The Hall–Kier alpha value is -1.42. The molecule has 0 bridgehead atoms. The smallest absolute Gasteiger partial charge is 0.251 e. The van der Waals surface area contributed by atoms with Gasteiger partial charge >= 0.3 is 0 Å². The zero-order chi connectivity index (χ0) is 13.7. The number of nitrogens with two attached hydrogens (primary N) is 1. The molecular formula is C14H21FN2O. The van der Waals surface area contributed by atoms with Crippen LogP contribution in [0.2, 0.25) is 0 Å². The number of halogens is 1. The van der Waals surface area contributed by atoms with Crippen molar-refractivity contribution in [3.05, 3.63) is 35.1 Å². The number of aryl methyl sites for hydroxylation is 1. The number of carbonyl (C=O) groups is 1. The molecule has 0 aliphatic carbocycles. The van der Waals surface area contributed by atoms with Gasteiger partial charge in [-0.25, -0.2) is 4.39 Å². The first-order valence-electron chi connectivity index (χ1n) is 6.21. The fourth-order valence-corrected chi connectivity index (χ4v) is 1.79. The van der Waals surface area contributed by atoms with E-state index in [1.807, 2.05) is 0 Å². The van der Waals surface area contributed by atoms with Crippen molar-refractivity contribution < 1.29 is 9.18 Å². The molecule has 0 radical (unpaired) electrons. The highest BCUT2D eigenvalue weighted by molar-refractivity contribution is 5.94. The lowest BCUT2D eigenvalue weighted by molar-refractivity contribution is 0.0933. The normalized spacial score (nSPS) is 12.6. The average Bonchev–Trinajstić information content (AvgIpc) is 2.31. The minimum Gasteiger partial charge on any atom is -0.348 e. The van der Waals surface area contributed by atoms with Crippen LogP contribution >= 0.6 is 0 Å². The highest BCUT2D eigenvalue weighted by Gasteiger charge is 2.14. The molecule has 0 spiro atoms. The third-order valence-corrected chi connectivity index (χ3v) is 2.81. The summed E-state index contributed by atoms with van der Waals surface area (Å²) in [6.45, 7) is 6.19. The van der Waals surface area contributed by atoms with Gasteiger partial charge in [-0.3, -0.25) is 4.79 Å². The van der Waals surface area contributed by atoms with Gasteiger partial charge in [0.25, 0.3) is 5.91 Å². The molecule has 1 amide bonds. The van der Waals surface area contributed by atoms with Gasteiger partial charge in [0.1, 0.15) is 5.82 Å². The van der Waals surface area contributed by atoms with Crippen LogP contribution in [-0.2, 0) is 0 Å². The predicted molar refractivity (Wildman–Crippen MR) is 70.9 cm³/mol. The van der Waals surface area contributed by atoms with E-state index in [4.69, 9.17) is 5.73 Å². The summed E-state index contributed by atoms with van der Waals surface area (Å²) in [5.41, 5.74) is 6.48. The van der Waals surface area contributed by atoms with E-state index in [-0.39, 0.29) is 17.8 Å². The van der Waals surface area contributed by atoms with E-state index in [0.29, 0.717) is 23.6 Å². The molecule has 1 rings (SSSR count). The van der Waals surface area contributed by atoms with Crippen molar-refractivity contribution in [3.63, 3.8) is 0 Å². The van der Waals surface area contributed by atoms with E-state index in [0.717, 1.165) is 6.42 Å². The predicted octanol–water partition coefficient (Wildman–Crippen LogP) is 2.24. The maximum atomic E-state index is 13.4. The van der Waals surface area contributed by atoms with Gasteiger partial charge in [0.05, 0.1) is 0 Å². The quantitative estimate of drug-likeness (QED) is 0.844. The molecule has 0 saturated carbocycles. The molecule has 0 saturated heterocycles. The van der Waals surface area contributed by atoms with Gasteiger partial charge in [0, 0.05) is 18.2 Å². The molecule has 18 heavy (non-hydrogen) atoms. The first-order valence-corrected chi connectivity index (χ1v) is 6.21. The van der Waals surface area contributed by atoms with Crippen molar-refractivity contribution in [3.8, 4) is 0 Å². The van der Waals surface area contributed by atoms with Crippen LogP contribution in [-0.4, -0.2) is 18.5 Å².